The van der Waals surface area contributed by atoms with E-state index in [0.29, 0.717) is 5.56 Å². The van der Waals surface area contributed by atoms with Crippen molar-refractivity contribution in [3.8, 4) is 0 Å². The Labute approximate surface area is 137 Å². The van der Waals surface area contributed by atoms with Crippen LogP contribution in [-0.4, -0.2) is 16.2 Å². The third kappa shape index (κ3) is 2.87. The largest absolute Gasteiger partial charge is 0.319 e. The minimum Gasteiger partial charge on any atom is -0.319 e. The first-order valence-corrected chi connectivity index (χ1v) is 8.86. The highest BCUT2D eigenvalue weighted by atomic mass is 32.2. The number of thiazole rings is 1. The molecule has 0 fully saturated rings. The second-order valence-corrected chi connectivity index (χ2v) is 7.07. The molecule has 0 atom stereocenters. The van der Waals surface area contributed by atoms with Gasteiger partial charge in [0.2, 0.25) is 0 Å². The molecule has 1 heterocycles. The predicted octanol–water partition coefficient (Wildman–Crippen LogP) is 4.09. The second kappa shape index (κ2) is 6.50. The van der Waals surface area contributed by atoms with Gasteiger partial charge in [-0.2, -0.15) is 4.99 Å². The molecule has 3 rings (SSSR count). The zero-order chi connectivity index (χ0) is 15.5. The summed E-state index contributed by atoms with van der Waals surface area (Å²) < 4.78 is 3.10. The van der Waals surface area contributed by atoms with Crippen LogP contribution in [0.3, 0.4) is 0 Å². The van der Waals surface area contributed by atoms with Gasteiger partial charge < -0.3 is 4.57 Å². The first-order chi connectivity index (χ1) is 10.7. The number of para-hydroxylation sites is 1. The van der Waals surface area contributed by atoms with Gasteiger partial charge >= 0.3 is 0 Å². The Morgan fingerprint density at radius 1 is 1.18 bits per heavy atom. The number of nitrogens with zero attached hydrogens (tertiary/aromatic N) is 2. The molecule has 5 heteroatoms. The first kappa shape index (κ1) is 15.1. The van der Waals surface area contributed by atoms with Crippen molar-refractivity contribution in [3.05, 3.63) is 58.9 Å². The lowest BCUT2D eigenvalue weighted by molar-refractivity contribution is 0.0995. The number of carbonyl (C=O) groups is 1. The fraction of sp³-hybridized carbons (Fsp3) is 0.176. The van der Waals surface area contributed by atoms with E-state index in [2.05, 4.69) is 11.9 Å². The SMILES string of the molecule is CCSc1ccccc1C(=O)N=c1sc2ccccc2n1C. The number of aromatic nitrogens is 1. The van der Waals surface area contributed by atoms with Crippen molar-refractivity contribution in [1.29, 1.82) is 0 Å². The number of benzene rings is 2. The monoisotopic (exact) mass is 328 g/mol. The second-order valence-electron chi connectivity index (χ2n) is 4.76. The fourth-order valence-corrected chi connectivity index (χ4v) is 4.07. The number of aryl methyl sites for hydroxylation is 1. The average Bonchev–Trinajstić information content (AvgIpc) is 2.85. The summed E-state index contributed by atoms with van der Waals surface area (Å²) in [4.78, 5) is 18.6. The molecular formula is C17H16N2OS2. The highest BCUT2D eigenvalue weighted by Gasteiger charge is 2.11. The standard InChI is InChI=1S/C17H16N2OS2/c1-3-21-14-10-6-4-8-12(14)16(20)18-17-19(2)13-9-5-7-11-15(13)22-17/h4-11H,3H2,1-2H3. The Bertz CT molecular complexity index is 893. The fourth-order valence-electron chi connectivity index (χ4n) is 2.26. The number of hydrogen-bond donors (Lipinski definition) is 0. The maximum Gasteiger partial charge on any atom is 0.280 e. The minimum atomic E-state index is -0.182. The maximum absolute atomic E-state index is 12.6. The van der Waals surface area contributed by atoms with Gasteiger partial charge in [-0.3, -0.25) is 4.79 Å². The molecule has 0 spiro atoms. The van der Waals surface area contributed by atoms with E-state index in [1.807, 2.05) is 60.1 Å². The summed E-state index contributed by atoms with van der Waals surface area (Å²) in [6.45, 7) is 2.08. The first-order valence-electron chi connectivity index (χ1n) is 7.06. The van der Waals surface area contributed by atoms with Gasteiger partial charge in [-0.1, -0.05) is 42.5 Å². The molecule has 0 N–H and O–H groups in total. The molecule has 0 aliphatic rings. The van der Waals surface area contributed by atoms with Gasteiger partial charge in [0, 0.05) is 11.9 Å². The van der Waals surface area contributed by atoms with Crippen molar-refractivity contribution >= 4 is 39.2 Å². The summed E-state index contributed by atoms with van der Waals surface area (Å²) in [6.07, 6.45) is 0. The maximum atomic E-state index is 12.6. The summed E-state index contributed by atoms with van der Waals surface area (Å²) in [5.41, 5.74) is 1.77. The van der Waals surface area contributed by atoms with Crippen LogP contribution in [0, 0.1) is 0 Å². The van der Waals surface area contributed by atoms with Crippen LogP contribution in [0.2, 0.25) is 0 Å². The molecule has 22 heavy (non-hydrogen) atoms. The van der Waals surface area contributed by atoms with Crippen molar-refractivity contribution < 1.29 is 4.79 Å². The molecule has 0 aliphatic heterocycles. The number of hydrogen-bond acceptors (Lipinski definition) is 3. The quantitative estimate of drug-likeness (QED) is 0.679. The summed E-state index contributed by atoms with van der Waals surface area (Å²) >= 11 is 3.20. The zero-order valence-electron chi connectivity index (χ0n) is 12.4. The van der Waals surface area contributed by atoms with Gasteiger partial charge in [0.05, 0.1) is 15.8 Å². The van der Waals surface area contributed by atoms with Crippen LogP contribution in [0.25, 0.3) is 10.2 Å². The third-order valence-corrected chi connectivity index (χ3v) is 5.40. The van der Waals surface area contributed by atoms with Crippen LogP contribution in [0.5, 0.6) is 0 Å². The van der Waals surface area contributed by atoms with Gasteiger partial charge in [0.1, 0.15) is 0 Å². The van der Waals surface area contributed by atoms with E-state index < -0.39 is 0 Å². The highest BCUT2D eigenvalue weighted by Crippen LogP contribution is 2.23. The number of rotatable bonds is 3. The Kier molecular flexibility index (Phi) is 4.45. The van der Waals surface area contributed by atoms with E-state index in [-0.39, 0.29) is 5.91 Å². The normalized spacial score (nSPS) is 12.0. The molecule has 1 amide bonds. The van der Waals surface area contributed by atoms with Gasteiger partial charge in [-0.25, -0.2) is 0 Å². The summed E-state index contributed by atoms with van der Waals surface area (Å²) in [5.74, 6) is 0.750. The van der Waals surface area contributed by atoms with Gasteiger partial charge in [-0.05, 0) is 30.0 Å². The molecular weight excluding hydrogens is 312 g/mol. The molecule has 112 valence electrons. The topological polar surface area (TPSA) is 34.4 Å². The van der Waals surface area contributed by atoms with Crippen molar-refractivity contribution in [1.82, 2.24) is 4.57 Å². The van der Waals surface area contributed by atoms with Crippen molar-refractivity contribution in [2.45, 2.75) is 11.8 Å². The average molecular weight is 328 g/mol. The molecule has 1 aromatic heterocycles. The molecule has 3 nitrogen and oxygen atoms in total. The lowest BCUT2D eigenvalue weighted by atomic mass is 10.2. The lowest BCUT2D eigenvalue weighted by Crippen LogP contribution is -2.13. The molecule has 0 radical (unpaired) electrons. The number of amides is 1. The number of carbonyl (C=O) groups excluding carboxylic acids is 1. The summed E-state index contributed by atoms with van der Waals surface area (Å²) in [7, 11) is 1.94. The Balaban J connectivity index is 2.07. The molecule has 0 saturated heterocycles. The third-order valence-electron chi connectivity index (χ3n) is 3.33. The summed E-state index contributed by atoms with van der Waals surface area (Å²) in [6, 6.07) is 15.7. The molecule has 3 aromatic rings. The van der Waals surface area contributed by atoms with E-state index in [0.717, 1.165) is 25.7 Å². The van der Waals surface area contributed by atoms with Crippen LogP contribution >= 0.6 is 23.1 Å². The number of thioether (sulfide) groups is 1. The van der Waals surface area contributed by atoms with Crippen LogP contribution in [0.1, 0.15) is 17.3 Å². The van der Waals surface area contributed by atoms with E-state index in [9.17, 15) is 4.79 Å². The number of fused-ring (bicyclic) bond motifs is 1. The van der Waals surface area contributed by atoms with Crippen LogP contribution < -0.4 is 4.80 Å². The zero-order valence-corrected chi connectivity index (χ0v) is 14.1. The van der Waals surface area contributed by atoms with Gasteiger partial charge in [-0.15, -0.1) is 11.8 Å². The van der Waals surface area contributed by atoms with Crippen molar-refractivity contribution in [3.63, 3.8) is 0 Å². The van der Waals surface area contributed by atoms with E-state index >= 15 is 0 Å². The van der Waals surface area contributed by atoms with Crippen LogP contribution in [0.15, 0.2) is 58.4 Å². The smallest absolute Gasteiger partial charge is 0.280 e. The highest BCUT2D eigenvalue weighted by molar-refractivity contribution is 7.99. The van der Waals surface area contributed by atoms with Crippen molar-refractivity contribution in [2.75, 3.05) is 5.75 Å². The van der Waals surface area contributed by atoms with Gasteiger partial charge in [0.25, 0.3) is 5.91 Å². The summed E-state index contributed by atoms with van der Waals surface area (Å²) in [5, 5.41) is 0. The lowest BCUT2D eigenvalue weighted by Gasteiger charge is -2.03. The Hall–Kier alpha value is -1.85. The molecule has 0 saturated carbocycles. The van der Waals surface area contributed by atoms with Crippen molar-refractivity contribution in [2.24, 2.45) is 12.0 Å². The molecule has 2 aromatic carbocycles. The molecule has 0 bridgehead atoms. The Morgan fingerprint density at radius 2 is 1.91 bits per heavy atom. The van der Waals surface area contributed by atoms with E-state index in [4.69, 9.17) is 0 Å². The molecule has 0 aliphatic carbocycles. The molecule has 0 unspecified atom stereocenters. The van der Waals surface area contributed by atoms with Crippen LogP contribution in [0.4, 0.5) is 0 Å². The van der Waals surface area contributed by atoms with Gasteiger partial charge in [0.15, 0.2) is 4.80 Å². The predicted molar refractivity (Wildman–Crippen MR) is 93.5 cm³/mol. The van der Waals surface area contributed by atoms with Crippen LogP contribution in [-0.2, 0) is 7.05 Å². The Morgan fingerprint density at radius 3 is 2.68 bits per heavy atom. The van der Waals surface area contributed by atoms with E-state index in [1.54, 1.807) is 11.8 Å². The minimum absolute atomic E-state index is 0.182. The van der Waals surface area contributed by atoms with E-state index in [1.165, 1.54) is 11.3 Å².